The highest BCUT2D eigenvalue weighted by atomic mass is 32.2. The Morgan fingerprint density at radius 2 is 1.85 bits per heavy atom. The van der Waals surface area contributed by atoms with Crippen LogP contribution in [0.1, 0.15) is 32.7 Å². The molecule has 0 spiro atoms. The number of anilines is 1. The first-order chi connectivity index (χ1) is 15.8. The van der Waals surface area contributed by atoms with Crippen molar-refractivity contribution < 1.29 is 23.0 Å². The molecule has 1 N–H and O–H groups in total. The van der Waals surface area contributed by atoms with Crippen molar-refractivity contribution >= 4 is 23.4 Å². The standard InChI is InChI=1S/C23H26F2N4O3S/c1-14(2)12-29-22(15(3)32-20-8-6-5-7-19(20)31-4)27-28-23(29)33-13-21(30)26-18-10-9-16(24)11-17(18)25/h5-11,14-15H,12-13H2,1-4H3,(H,26,30). The summed E-state index contributed by atoms with van der Waals surface area (Å²) in [5.41, 5.74) is -0.0785. The summed E-state index contributed by atoms with van der Waals surface area (Å²) in [6.45, 7) is 6.62. The largest absolute Gasteiger partial charge is 0.493 e. The van der Waals surface area contributed by atoms with Crippen LogP contribution in [0.2, 0.25) is 0 Å². The molecule has 176 valence electrons. The first kappa shape index (κ1) is 24.5. The Kier molecular flexibility index (Phi) is 8.26. The summed E-state index contributed by atoms with van der Waals surface area (Å²) in [5.74, 6) is 0.0975. The number of hydrogen-bond acceptors (Lipinski definition) is 6. The molecule has 10 heteroatoms. The SMILES string of the molecule is COc1ccccc1OC(C)c1nnc(SCC(=O)Nc2ccc(F)cc2F)n1CC(C)C. The minimum Gasteiger partial charge on any atom is -0.493 e. The lowest BCUT2D eigenvalue weighted by atomic mass is 10.2. The van der Waals surface area contributed by atoms with Crippen LogP contribution in [0.15, 0.2) is 47.6 Å². The van der Waals surface area contributed by atoms with Crippen LogP contribution in [0.4, 0.5) is 14.5 Å². The fourth-order valence-electron chi connectivity index (χ4n) is 3.11. The molecule has 0 aliphatic carbocycles. The van der Waals surface area contributed by atoms with Gasteiger partial charge in [0.15, 0.2) is 28.6 Å². The fraction of sp³-hybridized carbons (Fsp3) is 0.348. The van der Waals surface area contributed by atoms with Gasteiger partial charge in [-0.3, -0.25) is 4.79 Å². The summed E-state index contributed by atoms with van der Waals surface area (Å²) in [6, 6.07) is 10.3. The van der Waals surface area contributed by atoms with Gasteiger partial charge in [-0.25, -0.2) is 8.78 Å². The number of ether oxygens (including phenoxy) is 2. The number of aromatic nitrogens is 3. The third-order valence-electron chi connectivity index (χ3n) is 4.57. The van der Waals surface area contributed by atoms with Gasteiger partial charge in [0, 0.05) is 12.6 Å². The number of methoxy groups -OCH3 is 1. The van der Waals surface area contributed by atoms with Crippen LogP contribution in [0, 0.1) is 17.6 Å². The van der Waals surface area contributed by atoms with E-state index >= 15 is 0 Å². The van der Waals surface area contributed by atoms with Gasteiger partial charge in [-0.1, -0.05) is 37.7 Å². The van der Waals surface area contributed by atoms with Gasteiger partial charge < -0.3 is 19.4 Å². The van der Waals surface area contributed by atoms with E-state index < -0.39 is 23.6 Å². The number of hydrogen-bond donors (Lipinski definition) is 1. The summed E-state index contributed by atoms with van der Waals surface area (Å²) in [5, 5.41) is 11.5. The van der Waals surface area contributed by atoms with E-state index in [1.807, 2.05) is 35.8 Å². The normalized spacial score (nSPS) is 12.0. The van der Waals surface area contributed by atoms with E-state index in [0.29, 0.717) is 34.9 Å². The summed E-state index contributed by atoms with van der Waals surface area (Å²) < 4.78 is 40.2. The van der Waals surface area contributed by atoms with Crippen molar-refractivity contribution in [2.75, 3.05) is 18.2 Å². The summed E-state index contributed by atoms with van der Waals surface area (Å²) in [7, 11) is 1.58. The third-order valence-corrected chi connectivity index (χ3v) is 5.53. The molecule has 0 radical (unpaired) electrons. The molecule has 1 unspecified atom stereocenters. The minimum atomic E-state index is -0.832. The third kappa shape index (κ3) is 6.44. The van der Waals surface area contributed by atoms with E-state index in [9.17, 15) is 13.6 Å². The predicted molar refractivity (Wildman–Crippen MR) is 123 cm³/mol. The van der Waals surface area contributed by atoms with Gasteiger partial charge in [-0.05, 0) is 37.1 Å². The quantitative estimate of drug-likeness (QED) is 0.411. The molecule has 7 nitrogen and oxygen atoms in total. The molecule has 0 aliphatic rings. The number of rotatable bonds is 10. The number of halogens is 2. The lowest BCUT2D eigenvalue weighted by Gasteiger charge is -2.19. The number of carbonyl (C=O) groups excluding carboxylic acids is 1. The average molecular weight is 477 g/mol. The Bertz CT molecular complexity index is 1110. The Labute approximate surface area is 195 Å². The molecule has 0 bridgehead atoms. The second-order valence-electron chi connectivity index (χ2n) is 7.72. The van der Waals surface area contributed by atoms with E-state index in [0.717, 1.165) is 12.1 Å². The summed E-state index contributed by atoms with van der Waals surface area (Å²) in [6.07, 6.45) is -0.427. The molecule has 0 saturated carbocycles. The Morgan fingerprint density at radius 3 is 2.52 bits per heavy atom. The van der Waals surface area contributed by atoms with Crippen molar-refractivity contribution in [3.05, 3.63) is 59.9 Å². The van der Waals surface area contributed by atoms with Gasteiger partial charge >= 0.3 is 0 Å². The van der Waals surface area contributed by atoms with Crippen molar-refractivity contribution in [1.29, 1.82) is 0 Å². The van der Waals surface area contributed by atoms with Gasteiger partial charge in [-0.15, -0.1) is 10.2 Å². The maximum atomic E-state index is 13.8. The van der Waals surface area contributed by atoms with Crippen LogP contribution in [0.25, 0.3) is 0 Å². The number of carbonyl (C=O) groups is 1. The summed E-state index contributed by atoms with van der Waals surface area (Å²) >= 11 is 1.18. The first-order valence-electron chi connectivity index (χ1n) is 10.4. The zero-order valence-electron chi connectivity index (χ0n) is 18.8. The summed E-state index contributed by atoms with van der Waals surface area (Å²) in [4.78, 5) is 12.3. The van der Waals surface area contributed by atoms with E-state index in [1.54, 1.807) is 7.11 Å². The zero-order chi connectivity index (χ0) is 24.0. The van der Waals surface area contributed by atoms with Crippen molar-refractivity contribution in [2.45, 2.75) is 38.6 Å². The molecule has 3 aromatic rings. The van der Waals surface area contributed by atoms with Crippen LogP contribution in [-0.2, 0) is 11.3 Å². The smallest absolute Gasteiger partial charge is 0.234 e. The van der Waals surface area contributed by atoms with Crippen LogP contribution in [0.3, 0.4) is 0 Å². The molecular formula is C23H26F2N4O3S. The second kappa shape index (κ2) is 11.1. The molecule has 33 heavy (non-hydrogen) atoms. The maximum absolute atomic E-state index is 13.8. The molecule has 1 atom stereocenters. The van der Waals surface area contributed by atoms with Crippen LogP contribution < -0.4 is 14.8 Å². The highest BCUT2D eigenvalue weighted by Gasteiger charge is 2.22. The molecule has 1 heterocycles. The van der Waals surface area contributed by atoms with Crippen molar-refractivity contribution in [3.8, 4) is 11.5 Å². The van der Waals surface area contributed by atoms with Crippen LogP contribution in [0.5, 0.6) is 11.5 Å². The van der Waals surface area contributed by atoms with E-state index in [2.05, 4.69) is 29.4 Å². The number of thioether (sulfide) groups is 1. The van der Waals surface area contributed by atoms with Crippen molar-refractivity contribution in [1.82, 2.24) is 14.8 Å². The van der Waals surface area contributed by atoms with E-state index in [-0.39, 0.29) is 11.4 Å². The Hall–Kier alpha value is -3.14. The number of amides is 1. The van der Waals surface area contributed by atoms with Crippen LogP contribution >= 0.6 is 11.8 Å². The van der Waals surface area contributed by atoms with Gasteiger partial charge in [0.1, 0.15) is 11.6 Å². The van der Waals surface area contributed by atoms with Gasteiger partial charge in [-0.2, -0.15) is 0 Å². The predicted octanol–water partition coefficient (Wildman–Crippen LogP) is 5.09. The van der Waals surface area contributed by atoms with Crippen molar-refractivity contribution in [3.63, 3.8) is 0 Å². The van der Waals surface area contributed by atoms with Gasteiger partial charge in [0.25, 0.3) is 0 Å². The first-order valence-corrected chi connectivity index (χ1v) is 11.4. The molecule has 2 aromatic carbocycles. The van der Waals surface area contributed by atoms with E-state index in [1.165, 1.54) is 17.8 Å². The molecule has 0 aliphatic heterocycles. The van der Waals surface area contributed by atoms with Crippen LogP contribution in [-0.4, -0.2) is 33.5 Å². The number of nitrogens with zero attached hydrogens (tertiary/aromatic N) is 3. The van der Waals surface area contributed by atoms with Crippen molar-refractivity contribution in [2.24, 2.45) is 5.92 Å². The lowest BCUT2D eigenvalue weighted by molar-refractivity contribution is -0.113. The number of benzene rings is 2. The highest BCUT2D eigenvalue weighted by molar-refractivity contribution is 7.99. The fourth-order valence-corrected chi connectivity index (χ4v) is 3.87. The molecule has 1 aromatic heterocycles. The Morgan fingerprint density at radius 1 is 1.12 bits per heavy atom. The minimum absolute atomic E-state index is 0.0191. The molecule has 0 saturated heterocycles. The number of nitrogens with one attached hydrogen (secondary N) is 1. The molecule has 3 rings (SSSR count). The highest BCUT2D eigenvalue weighted by Crippen LogP contribution is 2.31. The Balaban J connectivity index is 1.72. The molecule has 1 amide bonds. The topological polar surface area (TPSA) is 78.3 Å². The second-order valence-corrected chi connectivity index (χ2v) is 8.66. The lowest BCUT2D eigenvalue weighted by Crippen LogP contribution is -2.17. The maximum Gasteiger partial charge on any atom is 0.234 e. The zero-order valence-corrected chi connectivity index (χ0v) is 19.7. The van der Waals surface area contributed by atoms with Gasteiger partial charge in [0.05, 0.1) is 18.6 Å². The monoisotopic (exact) mass is 476 g/mol. The molecule has 0 fully saturated rings. The molecular weight excluding hydrogens is 450 g/mol. The van der Waals surface area contributed by atoms with Gasteiger partial charge in [0.2, 0.25) is 5.91 Å². The number of para-hydroxylation sites is 2. The average Bonchev–Trinajstić information content (AvgIpc) is 3.16. The van der Waals surface area contributed by atoms with E-state index in [4.69, 9.17) is 9.47 Å².